The molecule has 0 bridgehead atoms. The largest absolute Gasteiger partial charge is 0.507 e. The number of phenolic OH excluding ortho intramolecular Hbond substituents is 1. The molecule has 4 N–H and O–H groups in total. The first kappa shape index (κ1) is 25.2. The molecule has 13 nitrogen and oxygen atoms in total. The number of hydrazone groups is 1. The summed E-state index contributed by atoms with van der Waals surface area (Å²) in [5, 5.41) is 29.8. The SMILES string of the molecule is CCOc1ccc(-c2c(C(=O)N/N=C\c3ccc(N(CC)CC)cc3O)nnn2-c2nonc2N)cc1. The summed E-state index contributed by atoms with van der Waals surface area (Å²) < 4.78 is 11.4. The molecule has 0 atom stereocenters. The zero-order valence-electron chi connectivity index (χ0n) is 20.6. The zero-order valence-corrected chi connectivity index (χ0v) is 20.6. The van der Waals surface area contributed by atoms with E-state index < -0.39 is 5.91 Å². The maximum absolute atomic E-state index is 13.0. The quantitative estimate of drug-likeness (QED) is 0.215. The van der Waals surface area contributed by atoms with Crippen molar-refractivity contribution in [2.24, 2.45) is 5.10 Å². The molecule has 0 fully saturated rings. The first-order valence-electron chi connectivity index (χ1n) is 11.6. The summed E-state index contributed by atoms with van der Waals surface area (Å²) in [5.74, 6) is 0.122. The number of amides is 1. The van der Waals surface area contributed by atoms with Gasteiger partial charge in [-0.2, -0.15) is 9.78 Å². The number of aromatic nitrogens is 5. The number of nitrogens with one attached hydrogen (secondary N) is 1. The molecule has 2 aromatic heterocycles. The highest BCUT2D eigenvalue weighted by Gasteiger charge is 2.25. The maximum Gasteiger partial charge on any atom is 0.294 e. The highest BCUT2D eigenvalue weighted by molar-refractivity contribution is 5.99. The molecule has 0 saturated heterocycles. The Labute approximate surface area is 212 Å². The van der Waals surface area contributed by atoms with E-state index in [1.807, 2.05) is 26.8 Å². The lowest BCUT2D eigenvalue weighted by molar-refractivity contribution is 0.0950. The van der Waals surface area contributed by atoms with Crippen molar-refractivity contribution in [1.82, 2.24) is 30.7 Å². The number of carbonyl (C=O) groups excluding carboxylic acids is 1. The van der Waals surface area contributed by atoms with Crippen molar-refractivity contribution in [3.63, 3.8) is 0 Å². The lowest BCUT2D eigenvalue weighted by Crippen LogP contribution is -2.21. The van der Waals surface area contributed by atoms with Crippen molar-refractivity contribution in [3.8, 4) is 28.6 Å². The number of rotatable bonds is 10. The molecule has 13 heteroatoms. The molecule has 0 radical (unpaired) electrons. The molecule has 0 saturated carbocycles. The van der Waals surface area contributed by atoms with Crippen LogP contribution in [0.5, 0.6) is 11.5 Å². The van der Waals surface area contributed by atoms with Crippen LogP contribution in [0.15, 0.2) is 52.2 Å². The van der Waals surface area contributed by atoms with E-state index in [1.54, 1.807) is 36.4 Å². The minimum absolute atomic E-state index is 0.0225. The smallest absolute Gasteiger partial charge is 0.294 e. The van der Waals surface area contributed by atoms with Gasteiger partial charge in [0.2, 0.25) is 11.6 Å². The highest BCUT2D eigenvalue weighted by Crippen LogP contribution is 2.28. The lowest BCUT2D eigenvalue weighted by atomic mass is 10.1. The monoisotopic (exact) mass is 505 g/mol. The molecule has 0 aliphatic heterocycles. The van der Waals surface area contributed by atoms with Gasteiger partial charge in [0, 0.05) is 36.0 Å². The number of phenols is 1. The summed E-state index contributed by atoms with van der Waals surface area (Å²) in [6.07, 6.45) is 1.35. The van der Waals surface area contributed by atoms with E-state index >= 15 is 0 Å². The predicted molar refractivity (Wildman–Crippen MR) is 137 cm³/mol. The van der Waals surface area contributed by atoms with Gasteiger partial charge in [-0.25, -0.2) is 10.1 Å². The number of aromatic hydroxyl groups is 1. The Morgan fingerprint density at radius 3 is 2.57 bits per heavy atom. The van der Waals surface area contributed by atoms with Crippen LogP contribution in [-0.4, -0.2) is 62.2 Å². The molecule has 37 heavy (non-hydrogen) atoms. The van der Waals surface area contributed by atoms with Gasteiger partial charge in [0.05, 0.1) is 12.8 Å². The van der Waals surface area contributed by atoms with Crippen molar-refractivity contribution in [2.75, 3.05) is 30.3 Å². The minimum atomic E-state index is -0.638. The first-order valence-corrected chi connectivity index (χ1v) is 11.6. The second kappa shape index (κ2) is 11.2. The number of nitrogens with two attached hydrogens (primary N) is 1. The van der Waals surface area contributed by atoms with Crippen LogP contribution in [-0.2, 0) is 0 Å². The van der Waals surface area contributed by atoms with Crippen LogP contribution >= 0.6 is 0 Å². The minimum Gasteiger partial charge on any atom is -0.507 e. The predicted octanol–water partition coefficient (Wildman–Crippen LogP) is 2.61. The fourth-order valence-corrected chi connectivity index (χ4v) is 3.70. The van der Waals surface area contributed by atoms with Crippen LogP contribution in [0.2, 0.25) is 0 Å². The summed E-state index contributed by atoms with van der Waals surface area (Å²) in [4.78, 5) is 15.1. The van der Waals surface area contributed by atoms with Crippen molar-refractivity contribution in [3.05, 3.63) is 53.7 Å². The van der Waals surface area contributed by atoms with Crippen molar-refractivity contribution in [1.29, 1.82) is 0 Å². The molecule has 0 aliphatic rings. The lowest BCUT2D eigenvalue weighted by Gasteiger charge is -2.21. The number of hydrogen-bond donors (Lipinski definition) is 3. The first-order chi connectivity index (χ1) is 18.0. The van der Waals surface area contributed by atoms with E-state index in [1.165, 1.54) is 10.9 Å². The third-order valence-electron chi connectivity index (χ3n) is 5.53. The number of ether oxygens (including phenoxy) is 1. The average Bonchev–Trinajstić information content (AvgIpc) is 3.52. The van der Waals surface area contributed by atoms with Gasteiger partial charge in [0.25, 0.3) is 5.91 Å². The number of nitrogen functional groups attached to an aromatic ring is 1. The van der Waals surface area contributed by atoms with E-state index in [4.69, 9.17) is 10.5 Å². The summed E-state index contributed by atoms with van der Waals surface area (Å²) in [6, 6.07) is 12.3. The number of anilines is 2. The maximum atomic E-state index is 13.0. The second-order valence-corrected chi connectivity index (χ2v) is 7.74. The number of carbonyl (C=O) groups is 1. The molecule has 2 aromatic carbocycles. The van der Waals surface area contributed by atoms with E-state index in [9.17, 15) is 9.90 Å². The zero-order chi connectivity index (χ0) is 26.4. The summed E-state index contributed by atoms with van der Waals surface area (Å²) in [5.41, 5.74) is 10.5. The van der Waals surface area contributed by atoms with Gasteiger partial charge in [-0.1, -0.05) is 5.21 Å². The summed E-state index contributed by atoms with van der Waals surface area (Å²) in [6.45, 7) is 8.10. The van der Waals surface area contributed by atoms with Crippen LogP contribution in [0, 0.1) is 0 Å². The van der Waals surface area contributed by atoms with Gasteiger partial charge in [-0.15, -0.1) is 5.10 Å². The Hall–Kier alpha value is -4.94. The van der Waals surface area contributed by atoms with Crippen molar-refractivity contribution < 1.29 is 19.3 Å². The molecule has 4 aromatic rings. The second-order valence-electron chi connectivity index (χ2n) is 7.74. The van der Waals surface area contributed by atoms with Gasteiger partial charge in [0.1, 0.15) is 17.2 Å². The molecule has 192 valence electrons. The Morgan fingerprint density at radius 2 is 1.95 bits per heavy atom. The molecule has 1 amide bonds. The molecular weight excluding hydrogens is 478 g/mol. The normalized spacial score (nSPS) is 11.1. The highest BCUT2D eigenvalue weighted by atomic mass is 16.6. The fraction of sp³-hybridized carbons (Fsp3) is 0.250. The van der Waals surface area contributed by atoms with Crippen molar-refractivity contribution in [2.45, 2.75) is 20.8 Å². The summed E-state index contributed by atoms with van der Waals surface area (Å²) >= 11 is 0. The van der Waals surface area contributed by atoms with E-state index in [0.29, 0.717) is 29.2 Å². The van der Waals surface area contributed by atoms with Crippen LogP contribution in [0.4, 0.5) is 11.5 Å². The van der Waals surface area contributed by atoms with E-state index in [-0.39, 0.29) is 23.1 Å². The van der Waals surface area contributed by atoms with Crippen LogP contribution < -0.4 is 20.8 Å². The fourth-order valence-electron chi connectivity index (χ4n) is 3.70. The van der Waals surface area contributed by atoms with Gasteiger partial charge in [-0.3, -0.25) is 4.79 Å². The Kier molecular flexibility index (Phi) is 7.62. The van der Waals surface area contributed by atoms with E-state index in [2.05, 4.69) is 40.7 Å². The standard InChI is InChI=1S/C24H27N9O4/c1-4-32(5-2)17-10-7-16(19(34)13-17)14-26-28-24(35)20-21(15-8-11-18(12-9-15)36-6-3)33(31-27-20)23-22(25)29-37-30-23/h7-14,34H,4-6H2,1-3H3,(H2,25,29)(H,28,35)/b26-14-. The van der Waals surface area contributed by atoms with Crippen molar-refractivity contribution >= 4 is 23.6 Å². The molecular formula is C24H27N9O4. The van der Waals surface area contributed by atoms with Gasteiger partial charge in [-0.05, 0) is 67.5 Å². The number of benzene rings is 2. The van der Waals surface area contributed by atoms with Crippen LogP contribution in [0.3, 0.4) is 0 Å². The molecule has 0 aliphatic carbocycles. The molecule has 2 heterocycles. The Morgan fingerprint density at radius 1 is 1.19 bits per heavy atom. The van der Waals surface area contributed by atoms with Gasteiger partial charge >= 0.3 is 0 Å². The molecule has 0 unspecified atom stereocenters. The molecule has 4 rings (SSSR count). The number of nitrogens with zero attached hydrogens (tertiary/aromatic N) is 7. The Balaban J connectivity index is 1.61. The van der Waals surface area contributed by atoms with E-state index in [0.717, 1.165) is 18.8 Å². The summed E-state index contributed by atoms with van der Waals surface area (Å²) in [7, 11) is 0. The molecule has 0 spiro atoms. The third kappa shape index (κ3) is 5.34. The Bertz CT molecular complexity index is 1390. The average molecular weight is 506 g/mol. The topological polar surface area (TPSA) is 170 Å². The third-order valence-corrected chi connectivity index (χ3v) is 5.53. The van der Waals surface area contributed by atoms with Crippen LogP contribution in [0.1, 0.15) is 36.8 Å². The van der Waals surface area contributed by atoms with Gasteiger partial charge in [0.15, 0.2) is 5.69 Å². The number of hydrogen-bond acceptors (Lipinski definition) is 11. The van der Waals surface area contributed by atoms with Crippen LogP contribution in [0.25, 0.3) is 17.1 Å². The van der Waals surface area contributed by atoms with Gasteiger partial charge < -0.3 is 20.5 Å².